The smallest absolute Gasteiger partial charge is 0.189 e. The Morgan fingerprint density at radius 3 is 2.67 bits per heavy atom. The molecule has 5 heteroatoms. The molecule has 0 radical (unpaired) electrons. The molecule has 1 rings (SSSR count). The van der Waals surface area contributed by atoms with Crippen LogP contribution in [0, 0.1) is 0 Å². The van der Waals surface area contributed by atoms with Gasteiger partial charge in [-0.3, -0.25) is 0 Å². The predicted octanol–water partition coefficient (Wildman–Crippen LogP) is 2.00. The van der Waals surface area contributed by atoms with Crippen molar-refractivity contribution in [3.05, 3.63) is 17.0 Å². The second-order valence-electron chi connectivity index (χ2n) is 4.39. The zero-order chi connectivity index (χ0) is 13.5. The van der Waals surface area contributed by atoms with Crippen LogP contribution in [-0.2, 0) is 19.4 Å². The molecule has 18 heavy (non-hydrogen) atoms. The molecule has 1 atom stereocenters. The molecule has 0 saturated heterocycles. The molecule has 0 spiro atoms. The summed E-state index contributed by atoms with van der Waals surface area (Å²) >= 11 is 0. The van der Waals surface area contributed by atoms with Crippen molar-refractivity contribution in [2.75, 3.05) is 0 Å². The number of hydrogen-bond acceptors (Lipinski definition) is 3. The van der Waals surface area contributed by atoms with Gasteiger partial charge in [-0.25, -0.2) is 4.99 Å². The fraction of sp³-hybridized carbons (Fsp3) is 0.692. The molecule has 1 aromatic heterocycles. The van der Waals surface area contributed by atoms with E-state index >= 15 is 0 Å². The predicted molar refractivity (Wildman–Crippen MR) is 73.5 cm³/mol. The van der Waals surface area contributed by atoms with Crippen molar-refractivity contribution < 1.29 is 4.52 Å². The molecule has 5 nitrogen and oxygen atoms in total. The number of aromatic nitrogens is 1. The highest BCUT2D eigenvalue weighted by molar-refractivity contribution is 5.78. The molecular formula is C13H24N4O. The van der Waals surface area contributed by atoms with Crippen molar-refractivity contribution >= 4 is 5.96 Å². The van der Waals surface area contributed by atoms with Crippen LogP contribution in [0.2, 0.25) is 0 Å². The normalized spacial score (nSPS) is 13.7. The Balaban J connectivity index is 2.72. The van der Waals surface area contributed by atoms with Gasteiger partial charge in [0.05, 0.1) is 12.2 Å². The van der Waals surface area contributed by atoms with Gasteiger partial charge < -0.3 is 15.6 Å². The van der Waals surface area contributed by atoms with Crippen LogP contribution in [0.5, 0.6) is 0 Å². The second kappa shape index (κ2) is 7.03. The number of nitrogens with two attached hydrogens (primary N) is 1. The zero-order valence-electron chi connectivity index (χ0n) is 11.8. The van der Waals surface area contributed by atoms with E-state index in [2.05, 4.69) is 36.2 Å². The van der Waals surface area contributed by atoms with Crippen molar-refractivity contribution in [1.82, 2.24) is 10.5 Å². The zero-order valence-corrected chi connectivity index (χ0v) is 11.8. The molecular weight excluding hydrogens is 228 g/mol. The second-order valence-corrected chi connectivity index (χ2v) is 4.39. The maximum absolute atomic E-state index is 5.84. The van der Waals surface area contributed by atoms with Gasteiger partial charge in [-0.15, -0.1) is 0 Å². The van der Waals surface area contributed by atoms with Gasteiger partial charge in [0.15, 0.2) is 5.96 Å². The average molecular weight is 252 g/mol. The average Bonchev–Trinajstić information content (AvgIpc) is 2.77. The topological polar surface area (TPSA) is 76.4 Å². The summed E-state index contributed by atoms with van der Waals surface area (Å²) in [4.78, 5) is 4.36. The summed E-state index contributed by atoms with van der Waals surface area (Å²) in [6.07, 6.45) is 2.70. The molecule has 1 aromatic rings. The van der Waals surface area contributed by atoms with Crippen LogP contribution < -0.4 is 11.1 Å². The Bertz CT molecular complexity index is 376. The molecule has 0 bridgehead atoms. The number of nitrogens with zero attached hydrogens (tertiary/aromatic N) is 2. The first-order valence-corrected chi connectivity index (χ1v) is 6.65. The van der Waals surface area contributed by atoms with E-state index in [9.17, 15) is 0 Å². The van der Waals surface area contributed by atoms with E-state index in [1.54, 1.807) is 0 Å². The van der Waals surface area contributed by atoms with Gasteiger partial charge in [0.1, 0.15) is 5.76 Å². The minimum absolute atomic E-state index is 0.340. The van der Waals surface area contributed by atoms with Crippen LogP contribution in [0.1, 0.15) is 51.1 Å². The summed E-state index contributed by atoms with van der Waals surface area (Å²) in [7, 11) is 0. The highest BCUT2D eigenvalue weighted by atomic mass is 16.5. The fourth-order valence-electron chi connectivity index (χ4n) is 1.68. The van der Waals surface area contributed by atoms with Gasteiger partial charge in [-0.1, -0.05) is 25.9 Å². The molecule has 0 aliphatic carbocycles. The summed E-state index contributed by atoms with van der Waals surface area (Å²) in [6, 6.07) is 0.340. The third kappa shape index (κ3) is 3.75. The van der Waals surface area contributed by atoms with Crippen LogP contribution in [0.25, 0.3) is 0 Å². The van der Waals surface area contributed by atoms with E-state index in [-0.39, 0.29) is 0 Å². The number of rotatable bonds is 6. The lowest BCUT2D eigenvalue weighted by atomic mass is 10.1. The van der Waals surface area contributed by atoms with Gasteiger partial charge in [-0.2, -0.15) is 0 Å². The quantitative estimate of drug-likeness (QED) is 0.599. The Morgan fingerprint density at radius 2 is 2.11 bits per heavy atom. The van der Waals surface area contributed by atoms with Crippen molar-refractivity contribution in [2.24, 2.45) is 10.7 Å². The maximum Gasteiger partial charge on any atom is 0.189 e. The standard InChI is InChI=1S/C13H24N4O/c1-5-9(4)16-13(14)15-8-10-11(6-2)17-18-12(10)7-3/h9H,5-8H2,1-4H3,(H3,14,15,16). The minimum Gasteiger partial charge on any atom is -0.370 e. The molecule has 0 aliphatic heterocycles. The van der Waals surface area contributed by atoms with Crippen molar-refractivity contribution in [3.63, 3.8) is 0 Å². The Kier molecular flexibility index (Phi) is 5.68. The van der Waals surface area contributed by atoms with Gasteiger partial charge in [-0.05, 0) is 19.8 Å². The van der Waals surface area contributed by atoms with Crippen molar-refractivity contribution in [3.8, 4) is 0 Å². The minimum atomic E-state index is 0.340. The summed E-state index contributed by atoms with van der Waals surface area (Å²) in [5.41, 5.74) is 7.89. The van der Waals surface area contributed by atoms with E-state index < -0.39 is 0 Å². The van der Waals surface area contributed by atoms with Gasteiger partial charge in [0.2, 0.25) is 0 Å². The van der Waals surface area contributed by atoms with Crippen LogP contribution in [0.4, 0.5) is 0 Å². The number of aryl methyl sites for hydroxylation is 2. The fourth-order valence-corrected chi connectivity index (χ4v) is 1.68. The first-order chi connectivity index (χ1) is 8.62. The number of guanidine groups is 1. The highest BCUT2D eigenvalue weighted by Gasteiger charge is 2.12. The Hall–Kier alpha value is -1.52. The summed E-state index contributed by atoms with van der Waals surface area (Å²) in [6.45, 7) is 8.83. The third-order valence-corrected chi connectivity index (χ3v) is 3.02. The molecule has 0 amide bonds. The number of aliphatic imine (C=N–C) groups is 1. The largest absolute Gasteiger partial charge is 0.370 e. The molecule has 0 aromatic carbocycles. The molecule has 0 saturated carbocycles. The summed E-state index contributed by atoms with van der Waals surface area (Å²) < 4.78 is 5.29. The van der Waals surface area contributed by atoms with Crippen molar-refractivity contribution in [2.45, 2.75) is 59.5 Å². The highest BCUT2D eigenvalue weighted by Crippen LogP contribution is 2.16. The van der Waals surface area contributed by atoms with Crippen LogP contribution >= 0.6 is 0 Å². The van der Waals surface area contributed by atoms with E-state index in [0.29, 0.717) is 18.5 Å². The van der Waals surface area contributed by atoms with Crippen molar-refractivity contribution in [1.29, 1.82) is 0 Å². The Morgan fingerprint density at radius 1 is 1.39 bits per heavy atom. The molecule has 0 aliphatic rings. The molecule has 1 unspecified atom stereocenters. The maximum atomic E-state index is 5.84. The molecule has 3 N–H and O–H groups in total. The van der Waals surface area contributed by atoms with E-state index in [1.165, 1.54) is 0 Å². The summed E-state index contributed by atoms with van der Waals surface area (Å²) in [5, 5.41) is 7.20. The lowest BCUT2D eigenvalue weighted by Gasteiger charge is -2.11. The van der Waals surface area contributed by atoms with E-state index in [1.807, 2.05) is 6.92 Å². The summed E-state index contributed by atoms with van der Waals surface area (Å²) in [5.74, 6) is 1.39. The first kappa shape index (κ1) is 14.5. The van der Waals surface area contributed by atoms with Crippen LogP contribution in [0.15, 0.2) is 9.52 Å². The number of hydrogen-bond donors (Lipinski definition) is 2. The van der Waals surface area contributed by atoms with Crippen LogP contribution in [0.3, 0.4) is 0 Å². The lowest BCUT2D eigenvalue weighted by molar-refractivity contribution is 0.380. The van der Waals surface area contributed by atoms with E-state index in [0.717, 1.165) is 36.3 Å². The van der Waals surface area contributed by atoms with Crippen LogP contribution in [-0.4, -0.2) is 17.2 Å². The Labute approximate surface area is 109 Å². The molecule has 0 fully saturated rings. The van der Waals surface area contributed by atoms with Gasteiger partial charge in [0.25, 0.3) is 0 Å². The van der Waals surface area contributed by atoms with Gasteiger partial charge >= 0.3 is 0 Å². The van der Waals surface area contributed by atoms with E-state index in [4.69, 9.17) is 10.3 Å². The molecule has 1 heterocycles. The SMILES string of the molecule is CCc1noc(CC)c1CN=C(N)NC(C)CC. The molecule has 102 valence electrons. The number of nitrogens with one attached hydrogen (secondary N) is 1. The third-order valence-electron chi connectivity index (χ3n) is 3.02. The first-order valence-electron chi connectivity index (χ1n) is 6.65. The van der Waals surface area contributed by atoms with Gasteiger partial charge in [0, 0.05) is 18.0 Å². The monoisotopic (exact) mass is 252 g/mol. The lowest BCUT2D eigenvalue weighted by Crippen LogP contribution is -2.38.